The van der Waals surface area contributed by atoms with Crippen molar-refractivity contribution in [2.75, 3.05) is 0 Å². The molecule has 0 aliphatic carbocycles. The Morgan fingerprint density at radius 3 is 2.82 bits per heavy atom. The van der Waals surface area contributed by atoms with Crippen molar-refractivity contribution in [2.24, 2.45) is 0 Å². The molecule has 0 spiro atoms. The van der Waals surface area contributed by atoms with Crippen LogP contribution in [0.15, 0.2) is 6.07 Å². The Kier molecular flexibility index (Phi) is 3.19. The van der Waals surface area contributed by atoms with Crippen LogP contribution in [0.2, 0.25) is 0 Å². The van der Waals surface area contributed by atoms with Gasteiger partial charge in [0.1, 0.15) is 0 Å². The molecule has 0 saturated carbocycles. The maximum Gasteiger partial charge on any atom is 0.0254 e. The molecule has 0 aromatic heterocycles. The number of hydrogen-bond donors (Lipinski definition) is 0. The molecule has 0 bridgehead atoms. The highest BCUT2D eigenvalue weighted by atomic mass is 127. The van der Waals surface area contributed by atoms with E-state index in [1.165, 1.54) is 21.1 Å². The van der Waals surface area contributed by atoms with Crippen LogP contribution in [0.1, 0.15) is 24.5 Å². The minimum absolute atomic E-state index is 1.16. The van der Waals surface area contributed by atoms with Gasteiger partial charge < -0.3 is 0 Å². The maximum absolute atomic E-state index is 3.10. The minimum Gasteiger partial charge on any atom is -0.0688 e. The molecule has 1 rings (SSSR count). The monoisotopic (exact) mass is 258 g/mol. The van der Waals surface area contributed by atoms with E-state index in [0.29, 0.717) is 0 Å². The van der Waals surface area contributed by atoms with Gasteiger partial charge in [-0.3, -0.25) is 0 Å². The van der Waals surface area contributed by atoms with E-state index < -0.39 is 0 Å². The molecule has 58 valence electrons. The van der Waals surface area contributed by atoms with Crippen LogP contribution in [-0.2, 0) is 6.42 Å². The lowest BCUT2D eigenvalue weighted by molar-refractivity contribution is 0.908. The van der Waals surface area contributed by atoms with E-state index in [2.05, 4.69) is 48.6 Å². The van der Waals surface area contributed by atoms with Crippen LogP contribution in [0.3, 0.4) is 0 Å². The Morgan fingerprint density at radius 2 is 2.27 bits per heavy atom. The van der Waals surface area contributed by atoms with Gasteiger partial charge in [-0.2, -0.15) is 0 Å². The van der Waals surface area contributed by atoms with Crippen molar-refractivity contribution in [3.8, 4) is 0 Å². The summed E-state index contributed by atoms with van der Waals surface area (Å²) >= 11 is 2.36. The molecule has 0 nitrogen and oxygen atoms in total. The van der Waals surface area contributed by atoms with E-state index in [9.17, 15) is 0 Å². The summed E-state index contributed by atoms with van der Waals surface area (Å²) in [6.45, 7) is 4.30. The number of halogens is 1. The largest absolute Gasteiger partial charge is 0.0688 e. The van der Waals surface area contributed by atoms with Gasteiger partial charge in [-0.25, -0.2) is 0 Å². The van der Waals surface area contributed by atoms with Crippen molar-refractivity contribution in [2.45, 2.75) is 26.7 Å². The van der Waals surface area contributed by atoms with Crippen molar-refractivity contribution in [3.63, 3.8) is 0 Å². The predicted molar refractivity (Wildman–Crippen MR) is 55.6 cm³/mol. The number of hydrogen-bond acceptors (Lipinski definition) is 0. The zero-order chi connectivity index (χ0) is 8.27. The number of rotatable bonds is 2. The van der Waals surface area contributed by atoms with Gasteiger partial charge in [-0.15, -0.1) is 0 Å². The van der Waals surface area contributed by atoms with Gasteiger partial charge in [-0.05, 0) is 41.5 Å². The van der Waals surface area contributed by atoms with Gasteiger partial charge in [-0.1, -0.05) is 25.5 Å². The summed E-state index contributed by atoms with van der Waals surface area (Å²) in [7, 11) is 0. The molecule has 1 heteroatoms. The Labute approximate surface area is 82.2 Å². The lowest BCUT2D eigenvalue weighted by Crippen LogP contribution is -1.90. The summed E-state index contributed by atoms with van der Waals surface area (Å²) in [6, 6.07) is 8.09. The molecule has 1 aromatic carbocycles. The molecule has 0 saturated heterocycles. The van der Waals surface area contributed by atoms with Crippen LogP contribution in [-0.4, -0.2) is 0 Å². The Balaban J connectivity index is 3.00. The Hall–Kier alpha value is -0.230. The van der Waals surface area contributed by atoms with Crippen molar-refractivity contribution in [1.29, 1.82) is 0 Å². The fourth-order valence-corrected chi connectivity index (χ4v) is 1.94. The third-order valence-electron chi connectivity index (χ3n) is 1.70. The SMILES string of the molecule is CCCc1c(C)c#ccc1I. The highest BCUT2D eigenvalue weighted by Gasteiger charge is 1.99. The Bertz CT molecular complexity index is 220. The van der Waals surface area contributed by atoms with Crippen LogP contribution in [0.4, 0.5) is 0 Å². The zero-order valence-corrected chi connectivity index (χ0v) is 9.03. The first-order chi connectivity index (χ1) is 5.25. The molecule has 0 atom stereocenters. The normalized spacial score (nSPS) is 9.36. The fraction of sp³-hybridized carbons (Fsp3) is 0.400. The first-order valence-electron chi connectivity index (χ1n) is 3.83. The topological polar surface area (TPSA) is 0 Å². The highest BCUT2D eigenvalue weighted by Crippen LogP contribution is 2.15. The van der Waals surface area contributed by atoms with Crippen molar-refractivity contribution >= 4 is 22.6 Å². The van der Waals surface area contributed by atoms with E-state index in [4.69, 9.17) is 0 Å². The van der Waals surface area contributed by atoms with Gasteiger partial charge in [0.25, 0.3) is 0 Å². The molecule has 0 amide bonds. The molecule has 0 heterocycles. The van der Waals surface area contributed by atoms with E-state index in [0.717, 1.165) is 6.42 Å². The van der Waals surface area contributed by atoms with Gasteiger partial charge in [0.2, 0.25) is 0 Å². The molecular weight excluding hydrogens is 247 g/mol. The van der Waals surface area contributed by atoms with Crippen LogP contribution in [0.5, 0.6) is 0 Å². The maximum atomic E-state index is 3.10. The second kappa shape index (κ2) is 3.96. The third-order valence-corrected chi connectivity index (χ3v) is 2.66. The van der Waals surface area contributed by atoms with E-state index in [1.807, 2.05) is 6.07 Å². The molecule has 11 heavy (non-hydrogen) atoms. The van der Waals surface area contributed by atoms with Crippen LogP contribution >= 0.6 is 22.6 Å². The summed E-state index contributed by atoms with van der Waals surface area (Å²) in [6.07, 6.45) is 2.37. The quantitative estimate of drug-likeness (QED) is 0.715. The minimum atomic E-state index is 1.16. The second-order valence-electron chi connectivity index (χ2n) is 2.62. The highest BCUT2D eigenvalue weighted by molar-refractivity contribution is 14.1. The van der Waals surface area contributed by atoms with Crippen LogP contribution < -0.4 is 0 Å². The molecule has 0 fully saturated rings. The second-order valence-corrected chi connectivity index (χ2v) is 3.78. The third kappa shape index (κ3) is 2.10. The predicted octanol–water partition coefficient (Wildman–Crippen LogP) is 3.15. The summed E-state index contributed by atoms with van der Waals surface area (Å²) < 4.78 is 1.32. The fourth-order valence-electron chi connectivity index (χ4n) is 1.11. The molecule has 0 unspecified atom stereocenters. The van der Waals surface area contributed by atoms with E-state index >= 15 is 0 Å². The van der Waals surface area contributed by atoms with Gasteiger partial charge in [0, 0.05) is 15.2 Å². The van der Waals surface area contributed by atoms with Gasteiger partial charge in [0.05, 0.1) is 0 Å². The molecule has 0 aliphatic rings. The average molecular weight is 258 g/mol. The molecule has 1 aromatic rings. The first kappa shape index (κ1) is 8.86. The van der Waals surface area contributed by atoms with Crippen molar-refractivity contribution < 1.29 is 0 Å². The summed E-state index contributed by atoms with van der Waals surface area (Å²) in [5.41, 5.74) is 2.69. The zero-order valence-electron chi connectivity index (χ0n) is 6.87. The summed E-state index contributed by atoms with van der Waals surface area (Å²) in [4.78, 5) is 0. The van der Waals surface area contributed by atoms with Gasteiger partial charge in [0.15, 0.2) is 0 Å². The lowest BCUT2D eigenvalue weighted by Gasteiger charge is -2.02. The van der Waals surface area contributed by atoms with Crippen molar-refractivity contribution in [1.82, 2.24) is 0 Å². The summed E-state index contributed by atoms with van der Waals surface area (Å²) in [5, 5.41) is 0. The van der Waals surface area contributed by atoms with E-state index in [1.54, 1.807) is 0 Å². The molecule has 0 N–H and O–H groups in total. The van der Waals surface area contributed by atoms with Crippen molar-refractivity contribution in [3.05, 3.63) is 32.9 Å². The molecular formula is C10H11I. The Morgan fingerprint density at radius 1 is 1.55 bits per heavy atom. The van der Waals surface area contributed by atoms with Gasteiger partial charge >= 0.3 is 0 Å². The summed E-state index contributed by atoms with van der Waals surface area (Å²) in [5.74, 6) is 0. The standard InChI is InChI=1S/C10H11I/c1-3-5-9-8(2)6-4-7-10(9)11/h7H,3,5H2,1-2H3. The van der Waals surface area contributed by atoms with E-state index in [-0.39, 0.29) is 0 Å². The van der Waals surface area contributed by atoms with Crippen LogP contribution in [0, 0.1) is 22.6 Å². The smallest absolute Gasteiger partial charge is 0.0254 e. The average Bonchev–Trinajstić information content (AvgIpc) is 1.97. The molecule has 0 aliphatic heterocycles. The van der Waals surface area contributed by atoms with Crippen LogP contribution in [0.25, 0.3) is 0 Å². The first-order valence-corrected chi connectivity index (χ1v) is 4.91. The lowest BCUT2D eigenvalue weighted by atomic mass is 10.1. The molecule has 0 radical (unpaired) electrons.